The topological polar surface area (TPSA) is 70.9 Å². The zero-order valence-corrected chi connectivity index (χ0v) is 19.8. The summed E-state index contributed by atoms with van der Waals surface area (Å²) in [5, 5.41) is 10.7. The van der Waals surface area contributed by atoms with Crippen LogP contribution in [0.1, 0.15) is 11.5 Å². The van der Waals surface area contributed by atoms with E-state index in [-0.39, 0.29) is 12.0 Å². The standard InChI is InChI=1S/C27H27F2N5O2/c1-36-14-13-33-16-20(19-10-11-21(28)22(29)15-19)23(17-33)30-27(35)31-26-24-9-5-6-12-34(24)32-25(26)18-7-3-2-4-8-18/h2-12,15,20,23H,13-14,16-17H2,1H3,(H2,30,31,35)/t20-,23+/m0/s1. The lowest BCUT2D eigenvalue weighted by Crippen LogP contribution is -2.42. The second kappa shape index (κ2) is 10.4. The second-order valence-electron chi connectivity index (χ2n) is 8.86. The average molecular weight is 492 g/mol. The largest absolute Gasteiger partial charge is 0.383 e. The van der Waals surface area contributed by atoms with Crippen LogP contribution < -0.4 is 10.6 Å². The van der Waals surface area contributed by atoms with E-state index in [0.29, 0.717) is 43.2 Å². The lowest BCUT2D eigenvalue weighted by molar-refractivity contribution is 0.159. The fraction of sp³-hybridized carbons (Fsp3) is 0.259. The lowest BCUT2D eigenvalue weighted by atomic mass is 9.94. The van der Waals surface area contributed by atoms with Crippen LogP contribution in [0, 0.1) is 11.6 Å². The molecule has 2 atom stereocenters. The normalized spacial score (nSPS) is 18.0. The number of methoxy groups -OCH3 is 1. The quantitative estimate of drug-likeness (QED) is 0.399. The number of nitrogens with zero attached hydrogens (tertiary/aromatic N) is 3. The Morgan fingerprint density at radius 3 is 2.64 bits per heavy atom. The molecule has 0 bridgehead atoms. The van der Waals surface area contributed by atoms with Gasteiger partial charge in [0.2, 0.25) is 0 Å². The molecule has 1 aliphatic rings. The number of hydrogen-bond donors (Lipinski definition) is 2. The Bertz CT molecular complexity index is 1360. The van der Waals surface area contributed by atoms with E-state index in [4.69, 9.17) is 4.74 Å². The van der Waals surface area contributed by atoms with Gasteiger partial charge in [-0.25, -0.2) is 18.1 Å². The van der Waals surface area contributed by atoms with Crippen LogP contribution in [0.4, 0.5) is 19.3 Å². The van der Waals surface area contributed by atoms with Gasteiger partial charge in [-0.3, -0.25) is 4.90 Å². The number of benzene rings is 2. The van der Waals surface area contributed by atoms with Crippen molar-refractivity contribution < 1.29 is 18.3 Å². The fourth-order valence-electron chi connectivity index (χ4n) is 4.75. The van der Waals surface area contributed by atoms with Gasteiger partial charge in [-0.1, -0.05) is 42.5 Å². The maximum absolute atomic E-state index is 14.0. The van der Waals surface area contributed by atoms with Crippen molar-refractivity contribution in [1.29, 1.82) is 0 Å². The molecule has 0 unspecified atom stereocenters. The van der Waals surface area contributed by atoms with Gasteiger partial charge in [0.25, 0.3) is 0 Å². The van der Waals surface area contributed by atoms with Crippen LogP contribution in [0.15, 0.2) is 72.9 Å². The van der Waals surface area contributed by atoms with Crippen LogP contribution in [0.25, 0.3) is 16.8 Å². The summed E-state index contributed by atoms with van der Waals surface area (Å²) < 4.78 is 34.5. The van der Waals surface area contributed by atoms with Gasteiger partial charge in [-0.15, -0.1) is 0 Å². The van der Waals surface area contributed by atoms with E-state index in [0.717, 1.165) is 17.1 Å². The van der Waals surface area contributed by atoms with Gasteiger partial charge in [0.1, 0.15) is 5.69 Å². The maximum atomic E-state index is 14.0. The van der Waals surface area contributed by atoms with Crippen LogP contribution in [0.5, 0.6) is 0 Å². The smallest absolute Gasteiger partial charge is 0.319 e. The Labute approximate surface area is 207 Å². The highest BCUT2D eigenvalue weighted by atomic mass is 19.2. The number of nitrogens with one attached hydrogen (secondary N) is 2. The molecule has 7 nitrogen and oxygen atoms in total. The minimum Gasteiger partial charge on any atom is -0.383 e. The number of pyridine rings is 1. The van der Waals surface area contributed by atoms with Gasteiger partial charge < -0.3 is 15.4 Å². The molecule has 0 saturated carbocycles. The van der Waals surface area contributed by atoms with E-state index in [2.05, 4.69) is 20.6 Å². The van der Waals surface area contributed by atoms with Crippen molar-refractivity contribution in [3.05, 3.63) is 90.1 Å². The molecule has 0 radical (unpaired) electrons. The van der Waals surface area contributed by atoms with E-state index in [1.54, 1.807) is 17.7 Å². The van der Waals surface area contributed by atoms with Crippen molar-refractivity contribution in [2.24, 2.45) is 0 Å². The third-order valence-electron chi connectivity index (χ3n) is 6.52. The second-order valence-corrected chi connectivity index (χ2v) is 8.86. The number of aromatic nitrogens is 2. The predicted octanol–water partition coefficient (Wildman–Crippen LogP) is 4.52. The molecule has 0 aliphatic carbocycles. The molecule has 1 saturated heterocycles. The molecule has 2 amide bonds. The summed E-state index contributed by atoms with van der Waals surface area (Å²) in [6.07, 6.45) is 1.83. The molecule has 186 valence electrons. The number of hydrogen-bond acceptors (Lipinski definition) is 4. The molecule has 2 N–H and O–H groups in total. The summed E-state index contributed by atoms with van der Waals surface area (Å²) >= 11 is 0. The highest BCUT2D eigenvalue weighted by Crippen LogP contribution is 2.32. The third-order valence-corrected chi connectivity index (χ3v) is 6.52. The Hall–Kier alpha value is -3.82. The summed E-state index contributed by atoms with van der Waals surface area (Å²) in [7, 11) is 1.63. The van der Waals surface area contributed by atoms with Crippen molar-refractivity contribution in [3.63, 3.8) is 0 Å². The molecule has 1 aliphatic heterocycles. The van der Waals surface area contributed by atoms with Gasteiger partial charge in [0.15, 0.2) is 11.6 Å². The molecular weight excluding hydrogens is 464 g/mol. The van der Waals surface area contributed by atoms with Gasteiger partial charge >= 0.3 is 6.03 Å². The lowest BCUT2D eigenvalue weighted by Gasteiger charge is -2.21. The van der Waals surface area contributed by atoms with Gasteiger partial charge in [0.05, 0.1) is 23.9 Å². The molecule has 0 spiro atoms. The van der Waals surface area contributed by atoms with Crippen LogP contribution >= 0.6 is 0 Å². The SMILES string of the molecule is COCCN1C[C@@H](NC(=O)Nc2c(-c3ccccc3)nn3ccccc23)[C@H](c2ccc(F)c(F)c2)C1. The number of anilines is 1. The number of urea groups is 1. The van der Waals surface area contributed by atoms with E-state index in [9.17, 15) is 13.6 Å². The van der Waals surface area contributed by atoms with Crippen molar-refractivity contribution in [2.45, 2.75) is 12.0 Å². The minimum atomic E-state index is -0.898. The number of carbonyl (C=O) groups is 1. The Kier molecular flexibility index (Phi) is 6.92. The molecule has 5 rings (SSSR count). The number of fused-ring (bicyclic) bond motifs is 1. The van der Waals surface area contributed by atoms with Crippen molar-refractivity contribution in [2.75, 3.05) is 38.7 Å². The summed E-state index contributed by atoms with van der Waals surface area (Å²) in [6, 6.07) is 18.5. The van der Waals surface area contributed by atoms with E-state index in [1.807, 2.05) is 54.7 Å². The Morgan fingerprint density at radius 1 is 1.06 bits per heavy atom. The number of halogens is 2. The number of amides is 2. The van der Waals surface area contributed by atoms with E-state index < -0.39 is 17.7 Å². The molecule has 2 aromatic heterocycles. The fourth-order valence-corrected chi connectivity index (χ4v) is 4.75. The van der Waals surface area contributed by atoms with Crippen molar-refractivity contribution in [1.82, 2.24) is 19.8 Å². The summed E-state index contributed by atoms with van der Waals surface area (Å²) in [4.78, 5) is 15.4. The molecule has 9 heteroatoms. The van der Waals surface area contributed by atoms with Gasteiger partial charge in [0, 0.05) is 44.4 Å². The number of ether oxygens (including phenoxy) is 1. The number of rotatable bonds is 7. The first-order chi connectivity index (χ1) is 17.5. The van der Waals surface area contributed by atoms with Crippen LogP contribution in [-0.4, -0.2) is 59.9 Å². The molecule has 2 aromatic carbocycles. The highest BCUT2D eigenvalue weighted by Gasteiger charge is 2.35. The highest BCUT2D eigenvalue weighted by molar-refractivity contribution is 6.00. The van der Waals surface area contributed by atoms with Gasteiger partial charge in [-0.2, -0.15) is 5.10 Å². The molecule has 4 aromatic rings. The summed E-state index contributed by atoms with van der Waals surface area (Å²) in [5.41, 5.74) is 3.53. The van der Waals surface area contributed by atoms with Gasteiger partial charge in [-0.05, 0) is 29.8 Å². The summed E-state index contributed by atoms with van der Waals surface area (Å²) in [5.74, 6) is -2.00. The molecule has 3 heterocycles. The third kappa shape index (κ3) is 4.93. The van der Waals surface area contributed by atoms with Crippen molar-refractivity contribution >= 4 is 17.2 Å². The Balaban J connectivity index is 1.40. The zero-order chi connectivity index (χ0) is 25.1. The van der Waals surface area contributed by atoms with Crippen LogP contribution in [0.3, 0.4) is 0 Å². The number of carbonyl (C=O) groups excluding carboxylic acids is 1. The molecule has 1 fully saturated rings. The first-order valence-corrected chi connectivity index (χ1v) is 11.8. The molecular formula is C27H27F2N5O2. The first-order valence-electron chi connectivity index (χ1n) is 11.8. The monoisotopic (exact) mass is 491 g/mol. The van der Waals surface area contributed by atoms with Crippen LogP contribution in [-0.2, 0) is 4.74 Å². The first kappa shape index (κ1) is 23.9. The van der Waals surface area contributed by atoms with Crippen LogP contribution in [0.2, 0.25) is 0 Å². The van der Waals surface area contributed by atoms with E-state index >= 15 is 0 Å². The zero-order valence-electron chi connectivity index (χ0n) is 19.8. The molecule has 36 heavy (non-hydrogen) atoms. The minimum absolute atomic E-state index is 0.208. The number of likely N-dealkylation sites (tertiary alicyclic amines) is 1. The van der Waals surface area contributed by atoms with E-state index in [1.165, 1.54) is 6.07 Å². The summed E-state index contributed by atoms with van der Waals surface area (Å²) in [6.45, 7) is 2.35. The predicted molar refractivity (Wildman–Crippen MR) is 134 cm³/mol. The maximum Gasteiger partial charge on any atom is 0.319 e. The van der Waals surface area contributed by atoms with Crippen molar-refractivity contribution in [3.8, 4) is 11.3 Å². The Morgan fingerprint density at radius 2 is 1.86 bits per heavy atom. The average Bonchev–Trinajstić information content (AvgIpc) is 3.46.